The Morgan fingerprint density at radius 3 is 2.45 bits per heavy atom. The van der Waals surface area contributed by atoms with Gasteiger partial charge in [-0.05, 0) is 32.1 Å². The molecule has 20 heavy (non-hydrogen) atoms. The van der Waals surface area contributed by atoms with E-state index in [-0.39, 0.29) is 18.4 Å². The minimum Gasteiger partial charge on any atom is -0.469 e. The Labute approximate surface area is 119 Å². The van der Waals surface area contributed by atoms with Crippen LogP contribution >= 0.6 is 0 Å². The summed E-state index contributed by atoms with van der Waals surface area (Å²) >= 11 is 0. The molecule has 116 valence electrons. The van der Waals surface area contributed by atoms with Crippen LogP contribution in [0.4, 0.5) is 0 Å². The van der Waals surface area contributed by atoms with Crippen molar-refractivity contribution >= 4 is 16.2 Å². The molecular formula is C12H22N2O5S. The van der Waals surface area contributed by atoms with E-state index in [0.717, 1.165) is 6.42 Å². The van der Waals surface area contributed by atoms with Crippen LogP contribution in [0, 0.1) is 5.92 Å². The fourth-order valence-corrected chi connectivity index (χ4v) is 3.90. The van der Waals surface area contributed by atoms with Gasteiger partial charge in [0.2, 0.25) is 0 Å². The first kappa shape index (κ1) is 15.7. The highest BCUT2D eigenvalue weighted by Crippen LogP contribution is 2.31. The molecule has 0 aromatic carbocycles. The monoisotopic (exact) mass is 306 g/mol. The minimum atomic E-state index is -3.58. The Bertz CT molecular complexity index is 452. The van der Waals surface area contributed by atoms with Crippen molar-refractivity contribution in [2.45, 2.75) is 37.7 Å². The van der Waals surface area contributed by atoms with E-state index in [1.54, 1.807) is 0 Å². The lowest BCUT2D eigenvalue weighted by molar-refractivity contribution is -0.146. The normalized spacial score (nSPS) is 24.1. The number of hydrogen-bond donors (Lipinski definition) is 2. The van der Waals surface area contributed by atoms with Crippen LogP contribution in [-0.2, 0) is 19.7 Å². The van der Waals surface area contributed by atoms with Gasteiger partial charge in [-0.3, -0.25) is 4.79 Å². The number of aliphatic hydroxyl groups is 1. The zero-order chi connectivity index (χ0) is 14.8. The molecule has 0 amide bonds. The average molecular weight is 306 g/mol. The predicted octanol–water partition coefficient (Wildman–Crippen LogP) is -0.379. The second-order valence-electron chi connectivity index (χ2n) is 5.60. The lowest BCUT2D eigenvalue weighted by Crippen LogP contribution is -2.52. The summed E-state index contributed by atoms with van der Waals surface area (Å²) in [6, 6.07) is 0. The fourth-order valence-electron chi connectivity index (χ4n) is 2.58. The number of nitrogens with zero attached hydrogens (tertiary/aromatic N) is 1. The van der Waals surface area contributed by atoms with Crippen LogP contribution in [0.1, 0.15) is 32.1 Å². The molecule has 2 fully saturated rings. The highest BCUT2D eigenvalue weighted by Gasteiger charge is 2.37. The maximum Gasteiger partial charge on any atom is 0.308 e. The van der Waals surface area contributed by atoms with E-state index >= 15 is 0 Å². The molecule has 1 saturated heterocycles. The standard InChI is InChI=1S/C12H22N2O5S/c1-19-11(15)10-3-7-14(8-4-10)20(17,18)13-9-12(16)5-2-6-12/h10,13,16H,2-9H2,1H3. The number of methoxy groups -OCH3 is 1. The summed E-state index contributed by atoms with van der Waals surface area (Å²) in [7, 11) is -2.24. The maximum absolute atomic E-state index is 12.1. The molecule has 0 unspecified atom stereocenters. The summed E-state index contributed by atoms with van der Waals surface area (Å²) in [4.78, 5) is 11.4. The number of esters is 1. The predicted molar refractivity (Wildman–Crippen MR) is 72.0 cm³/mol. The largest absolute Gasteiger partial charge is 0.469 e. The van der Waals surface area contributed by atoms with Gasteiger partial charge in [0.25, 0.3) is 10.2 Å². The molecule has 0 atom stereocenters. The van der Waals surface area contributed by atoms with Gasteiger partial charge in [0.1, 0.15) is 0 Å². The van der Waals surface area contributed by atoms with Crippen LogP contribution in [0.15, 0.2) is 0 Å². The second-order valence-corrected chi connectivity index (χ2v) is 7.36. The van der Waals surface area contributed by atoms with Crippen LogP contribution in [-0.4, -0.2) is 56.1 Å². The molecule has 1 aliphatic heterocycles. The SMILES string of the molecule is COC(=O)C1CCN(S(=O)(=O)NCC2(O)CCC2)CC1. The number of carbonyl (C=O) groups is 1. The summed E-state index contributed by atoms with van der Waals surface area (Å²) < 4.78 is 32.7. The number of piperidine rings is 1. The van der Waals surface area contributed by atoms with Crippen LogP contribution in [0.2, 0.25) is 0 Å². The van der Waals surface area contributed by atoms with Crippen molar-refractivity contribution in [2.24, 2.45) is 5.92 Å². The molecule has 8 heteroatoms. The highest BCUT2D eigenvalue weighted by atomic mass is 32.2. The minimum absolute atomic E-state index is 0.0618. The van der Waals surface area contributed by atoms with Crippen LogP contribution in [0.3, 0.4) is 0 Å². The molecule has 0 bridgehead atoms. The smallest absolute Gasteiger partial charge is 0.308 e. The van der Waals surface area contributed by atoms with Crippen molar-refractivity contribution in [3.63, 3.8) is 0 Å². The molecular weight excluding hydrogens is 284 g/mol. The highest BCUT2D eigenvalue weighted by molar-refractivity contribution is 7.87. The first-order chi connectivity index (χ1) is 9.36. The lowest BCUT2D eigenvalue weighted by atomic mass is 9.81. The van der Waals surface area contributed by atoms with Gasteiger partial charge in [-0.25, -0.2) is 0 Å². The van der Waals surface area contributed by atoms with Gasteiger partial charge >= 0.3 is 5.97 Å². The molecule has 1 heterocycles. The third-order valence-corrected chi connectivity index (χ3v) is 5.75. The van der Waals surface area contributed by atoms with E-state index in [4.69, 9.17) is 0 Å². The lowest BCUT2D eigenvalue weighted by Gasteiger charge is -2.37. The first-order valence-corrected chi connectivity index (χ1v) is 8.35. The van der Waals surface area contributed by atoms with Crippen molar-refractivity contribution in [1.82, 2.24) is 9.03 Å². The maximum atomic E-state index is 12.1. The van der Waals surface area contributed by atoms with E-state index < -0.39 is 15.8 Å². The zero-order valence-corrected chi connectivity index (χ0v) is 12.5. The molecule has 0 spiro atoms. The molecule has 2 aliphatic rings. The van der Waals surface area contributed by atoms with Gasteiger partial charge in [0.15, 0.2) is 0 Å². The topological polar surface area (TPSA) is 95.9 Å². The third kappa shape index (κ3) is 3.49. The van der Waals surface area contributed by atoms with Gasteiger partial charge in [-0.1, -0.05) is 0 Å². The number of nitrogens with one attached hydrogen (secondary N) is 1. The van der Waals surface area contributed by atoms with Crippen molar-refractivity contribution in [2.75, 3.05) is 26.7 Å². The summed E-state index contributed by atoms with van der Waals surface area (Å²) in [5, 5.41) is 9.91. The van der Waals surface area contributed by atoms with Gasteiger partial charge < -0.3 is 9.84 Å². The summed E-state index contributed by atoms with van der Waals surface area (Å²) in [5.74, 6) is -0.499. The summed E-state index contributed by atoms with van der Waals surface area (Å²) in [5.41, 5.74) is -0.878. The number of hydrogen-bond acceptors (Lipinski definition) is 5. The van der Waals surface area contributed by atoms with Crippen LogP contribution in [0.25, 0.3) is 0 Å². The molecule has 2 N–H and O–H groups in total. The quantitative estimate of drug-likeness (QED) is 0.675. The Morgan fingerprint density at radius 1 is 1.40 bits per heavy atom. The molecule has 2 rings (SSSR count). The molecule has 0 aromatic rings. The van der Waals surface area contributed by atoms with Crippen molar-refractivity contribution in [3.05, 3.63) is 0 Å². The van der Waals surface area contributed by atoms with Crippen molar-refractivity contribution in [3.8, 4) is 0 Å². The first-order valence-electron chi connectivity index (χ1n) is 6.91. The van der Waals surface area contributed by atoms with Gasteiger partial charge in [0.05, 0.1) is 18.6 Å². The summed E-state index contributed by atoms with van der Waals surface area (Å²) in [6.45, 7) is 0.660. The number of ether oxygens (including phenoxy) is 1. The second kappa shape index (κ2) is 5.97. The van der Waals surface area contributed by atoms with E-state index in [1.165, 1.54) is 11.4 Å². The molecule has 1 saturated carbocycles. The Hall–Kier alpha value is -0.700. The molecule has 0 aromatic heterocycles. The van der Waals surface area contributed by atoms with Crippen molar-refractivity contribution < 1.29 is 23.1 Å². The van der Waals surface area contributed by atoms with E-state index in [9.17, 15) is 18.3 Å². The van der Waals surface area contributed by atoms with Gasteiger partial charge in [0, 0.05) is 19.6 Å². The van der Waals surface area contributed by atoms with E-state index in [2.05, 4.69) is 9.46 Å². The van der Waals surface area contributed by atoms with E-state index in [1.807, 2.05) is 0 Å². The fraction of sp³-hybridized carbons (Fsp3) is 0.917. The Morgan fingerprint density at radius 2 is 2.00 bits per heavy atom. The Kier molecular flexibility index (Phi) is 4.68. The summed E-state index contributed by atoms with van der Waals surface area (Å²) in [6.07, 6.45) is 3.15. The van der Waals surface area contributed by atoms with Gasteiger partial charge in [-0.2, -0.15) is 17.4 Å². The molecule has 1 aliphatic carbocycles. The van der Waals surface area contributed by atoms with Crippen molar-refractivity contribution in [1.29, 1.82) is 0 Å². The third-order valence-electron chi connectivity index (χ3n) is 4.20. The zero-order valence-electron chi connectivity index (χ0n) is 11.7. The number of rotatable bonds is 5. The van der Waals surface area contributed by atoms with Gasteiger partial charge in [-0.15, -0.1) is 0 Å². The average Bonchev–Trinajstić information content (AvgIpc) is 2.42. The molecule has 0 radical (unpaired) electrons. The van der Waals surface area contributed by atoms with Crippen LogP contribution in [0.5, 0.6) is 0 Å². The van der Waals surface area contributed by atoms with E-state index in [0.29, 0.717) is 38.8 Å². The number of carbonyl (C=O) groups excluding carboxylic acids is 1. The molecule has 7 nitrogen and oxygen atoms in total. The Balaban J connectivity index is 1.83. The van der Waals surface area contributed by atoms with Crippen LogP contribution < -0.4 is 4.72 Å².